The van der Waals surface area contributed by atoms with E-state index in [1.165, 1.54) is 7.11 Å². The monoisotopic (exact) mass is 152 g/mol. The van der Waals surface area contributed by atoms with Crippen molar-refractivity contribution in [1.29, 1.82) is 0 Å². The number of carbonyl (C=O) groups excluding carboxylic acids is 1. The van der Waals surface area contributed by atoms with E-state index in [9.17, 15) is 4.79 Å². The maximum absolute atomic E-state index is 9.84. The first-order valence-electron chi connectivity index (χ1n) is 3.33. The van der Waals surface area contributed by atoms with Crippen molar-refractivity contribution in [3.8, 4) is 0 Å². The summed E-state index contributed by atoms with van der Waals surface area (Å²) in [5.74, 6) is -0.394. The number of hydrogen-bond acceptors (Lipinski definition) is 2. The minimum Gasteiger partial charge on any atom is -0.466 e. The highest BCUT2D eigenvalue weighted by molar-refractivity contribution is 5.80. The van der Waals surface area contributed by atoms with Gasteiger partial charge in [-0.25, -0.2) is 4.79 Å². The van der Waals surface area contributed by atoms with Gasteiger partial charge in [0.05, 0.1) is 7.11 Å². The van der Waals surface area contributed by atoms with Gasteiger partial charge >= 0.3 is 5.97 Å². The minimum atomic E-state index is -0.394. The third-order valence-corrected chi connectivity index (χ3v) is 1.02. The topological polar surface area (TPSA) is 26.3 Å². The molecule has 1 aliphatic rings. The lowest BCUT2D eigenvalue weighted by Crippen LogP contribution is -1.91. The van der Waals surface area contributed by atoms with Crippen molar-refractivity contribution >= 4 is 5.97 Å². The average Bonchev–Trinajstić information content (AvgIpc) is 2.60. The number of hydrogen-bond donors (Lipinski definition) is 0. The fourth-order valence-corrected chi connectivity index (χ4v) is 0.476. The van der Waals surface area contributed by atoms with Gasteiger partial charge in [0, 0.05) is 6.08 Å². The van der Waals surface area contributed by atoms with E-state index in [0.717, 1.165) is 12.5 Å². The summed E-state index contributed by atoms with van der Waals surface area (Å²) in [7, 11) is 1.31. The zero-order valence-electron chi connectivity index (χ0n) is 6.62. The number of rotatable bonds is 1. The smallest absolute Gasteiger partial charge is 0.329 e. The summed E-state index contributed by atoms with van der Waals surface area (Å²) in [6, 6.07) is 0. The van der Waals surface area contributed by atoms with Gasteiger partial charge in [0.2, 0.25) is 0 Å². The third-order valence-electron chi connectivity index (χ3n) is 1.02. The highest BCUT2D eigenvalue weighted by Crippen LogP contribution is 1.93. The van der Waals surface area contributed by atoms with Gasteiger partial charge in [0.1, 0.15) is 0 Å². The molecule has 0 aliphatic heterocycles. The van der Waals surface area contributed by atoms with E-state index < -0.39 is 5.97 Å². The van der Waals surface area contributed by atoms with Crippen LogP contribution in [0.4, 0.5) is 0 Å². The Balaban J connectivity index is 0.000000183. The Bertz CT molecular complexity index is 168. The van der Waals surface area contributed by atoms with Gasteiger partial charge in [-0.05, 0) is 6.42 Å². The molecule has 0 spiro atoms. The molecule has 0 unspecified atom stereocenters. The number of allylic oxidation sites excluding steroid dienone is 4. The molecule has 0 aromatic heterocycles. The summed E-state index contributed by atoms with van der Waals surface area (Å²) < 4.78 is 4.14. The molecule has 0 N–H and O–H groups in total. The number of methoxy groups -OCH3 is 1. The first kappa shape index (κ1) is 9.69. The Labute approximate surface area is 66.9 Å². The highest BCUT2D eigenvalue weighted by Gasteiger charge is 1.81. The Morgan fingerprint density at radius 2 is 2.09 bits per heavy atom. The van der Waals surface area contributed by atoms with Gasteiger partial charge < -0.3 is 4.74 Å². The summed E-state index contributed by atoms with van der Waals surface area (Å²) >= 11 is 0. The van der Waals surface area contributed by atoms with Crippen LogP contribution in [0.5, 0.6) is 0 Å². The van der Waals surface area contributed by atoms with Crippen molar-refractivity contribution in [3.63, 3.8) is 0 Å². The molecule has 0 aromatic rings. The largest absolute Gasteiger partial charge is 0.466 e. The van der Waals surface area contributed by atoms with Gasteiger partial charge in [-0.2, -0.15) is 0 Å². The zero-order valence-corrected chi connectivity index (χ0v) is 6.62. The van der Waals surface area contributed by atoms with Gasteiger partial charge in [-0.3, -0.25) is 0 Å². The number of esters is 1. The van der Waals surface area contributed by atoms with Crippen LogP contribution >= 0.6 is 0 Å². The van der Waals surface area contributed by atoms with Crippen LogP contribution in [0.15, 0.2) is 37.0 Å². The van der Waals surface area contributed by atoms with E-state index >= 15 is 0 Å². The lowest BCUT2D eigenvalue weighted by atomic mass is 10.5. The Kier molecular flexibility index (Phi) is 5.99. The van der Waals surface area contributed by atoms with Crippen LogP contribution in [0, 0.1) is 0 Å². The predicted molar refractivity (Wildman–Crippen MR) is 45.1 cm³/mol. The number of carbonyl (C=O) groups is 1. The fourth-order valence-electron chi connectivity index (χ4n) is 0.476. The van der Waals surface area contributed by atoms with E-state index in [1.807, 2.05) is 0 Å². The second kappa shape index (κ2) is 6.81. The molecule has 0 heterocycles. The molecule has 0 aromatic carbocycles. The maximum Gasteiger partial charge on any atom is 0.329 e. The molecular weight excluding hydrogens is 140 g/mol. The van der Waals surface area contributed by atoms with Crippen molar-refractivity contribution in [1.82, 2.24) is 0 Å². The molecular formula is C9H12O2. The molecule has 0 amide bonds. The first-order valence-corrected chi connectivity index (χ1v) is 3.33. The van der Waals surface area contributed by atoms with Crippen molar-refractivity contribution < 1.29 is 9.53 Å². The van der Waals surface area contributed by atoms with Crippen LogP contribution in [-0.4, -0.2) is 13.1 Å². The molecule has 0 radical (unpaired) electrons. The summed E-state index contributed by atoms with van der Waals surface area (Å²) in [4.78, 5) is 9.84. The van der Waals surface area contributed by atoms with Crippen LogP contribution in [0.1, 0.15) is 6.42 Å². The second-order valence-electron chi connectivity index (χ2n) is 1.82. The summed E-state index contributed by atoms with van der Waals surface area (Å²) in [5, 5.41) is 0. The van der Waals surface area contributed by atoms with Gasteiger partial charge in [-0.1, -0.05) is 30.9 Å². The van der Waals surface area contributed by atoms with E-state index in [-0.39, 0.29) is 0 Å². The zero-order chi connectivity index (χ0) is 8.53. The minimum absolute atomic E-state index is 0.394. The van der Waals surface area contributed by atoms with Crippen molar-refractivity contribution in [2.75, 3.05) is 7.11 Å². The maximum atomic E-state index is 9.84. The lowest BCUT2D eigenvalue weighted by molar-refractivity contribution is -0.134. The van der Waals surface area contributed by atoms with E-state index in [4.69, 9.17) is 0 Å². The lowest BCUT2D eigenvalue weighted by Gasteiger charge is -1.83. The molecule has 0 saturated carbocycles. The molecule has 1 rings (SSSR count). The summed E-state index contributed by atoms with van der Waals surface area (Å²) in [6.07, 6.45) is 10.6. The quantitative estimate of drug-likeness (QED) is 0.423. The van der Waals surface area contributed by atoms with E-state index in [0.29, 0.717) is 0 Å². The summed E-state index contributed by atoms with van der Waals surface area (Å²) in [6.45, 7) is 3.16. The van der Waals surface area contributed by atoms with E-state index in [1.54, 1.807) is 0 Å². The molecule has 1 aliphatic carbocycles. The van der Waals surface area contributed by atoms with E-state index in [2.05, 4.69) is 35.6 Å². The third kappa shape index (κ3) is 6.58. The molecule has 0 saturated heterocycles. The highest BCUT2D eigenvalue weighted by atomic mass is 16.5. The molecule has 2 heteroatoms. The van der Waals surface area contributed by atoms with Crippen molar-refractivity contribution in [3.05, 3.63) is 37.0 Å². The SMILES string of the molecule is C1=CCC=C1.C=CC(=O)OC. The molecule has 0 atom stereocenters. The van der Waals surface area contributed by atoms with Gasteiger partial charge in [-0.15, -0.1) is 0 Å². The molecule has 0 bridgehead atoms. The van der Waals surface area contributed by atoms with Crippen molar-refractivity contribution in [2.24, 2.45) is 0 Å². The molecule has 11 heavy (non-hydrogen) atoms. The van der Waals surface area contributed by atoms with Crippen molar-refractivity contribution in [2.45, 2.75) is 6.42 Å². The van der Waals surface area contributed by atoms with Crippen LogP contribution in [0.3, 0.4) is 0 Å². The Morgan fingerprint density at radius 3 is 2.18 bits per heavy atom. The Morgan fingerprint density at radius 1 is 1.55 bits per heavy atom. The molecule has 0 fully saturated rings. The van der Waals surface area contributed by atoms with Gasteiger partial charge in [0.25, 0.3) is 0 Å². The normalized spacial score (nSPS) is 11.7. The molecule has 2 nitrogen and oxygen atoms in total. The number of ether oxygens (including phenoxy) is 1. The molecule has 60 valence electrons. The standard InChI is InChI=1S/C5H6.C4H6O2/c1-2-4-5-3-1;1-3-4(5)6-2/h1-4H,5H2;3H,1H2,2H3. The van der Waals surface area contributed by atoms with Crippen LogP contribution < -0.4 is 0 Å². The van der Waals surface area contributed by atoms with Crippen LogP contribution in [0.2, 0.25) is 0 Å². The van der Waals surface area contributed by atoms with Gasteiger partial charge in [0.15, 0.2) is 0 Å². The first-order chi connectivity index (χ1) is 5.31. The van der Waals surface area contributed by atoms with Crippen LogP contribution in [0.25, 0.3) is 0 Å². The van der Waals surface area contributed by atoms with Crippen LogP contribution in [-0.2, 0) is 9.53 Å². The average molecular weight is 152 g/mol. The summed E-state index contributed by atoms with van der Waals surface area (Å²) in [5.41, 5.74) is 0. The second-order valence-corrected chi connectivity index (χ2v) is 1.82. The Hall–Kier alpha value is -1.31. The fraction of sp³-hybridized carbons (Fsp3) is 0.222. The predicted octanol–water partition coefficient (Wildman–Crippen LogP) is 1.85.